The Kier molecular flexibility index (Phi) is 10.2. The largest absolute Gasteiger partial charge is 0.393 e. The number of aliphatic hydroxyl groups is 2. The molecule has 0 fully saturated rings. The summed E-state index contributed by atoms with van der Waals surface area (Å²) in [4.78, 5) is 4.93. The van der Waals surface area contributed by atoms with Crippen LogP contribution in [0.4, 0.5) is 0 Å². The number of hydrogen-bond donors (Lipinski definition) is 2. The van der Waals surface area contributed by atoms with Gasteiger partial charge in [0.25, 0.3) is 0 Å². The Morgan fingerprint density at radius 1 is 0.875 bits per heavy atom. The number of benzene rings is 2. The van der Waals surface area contributed by atoms with Gasteiger partial charge < -0.3 is 10.2 Å². The van der Waals surface area contributed by atoms with Gasteiger partial charge in [-0.25, -0.2) is 0 Å². The quantitative estimate of drug-likeness (QED) is 0.337. The van der Waals surface area contributed by atoms with Gasteiger partial charge in [-0.15, -0.1) is 34.9 Å². The van der Waals surface area contributed by atoms with Gasteiger partial charge in [0.15, 0.2) is 0 Å². The van der Waals surface area contributed by atoms with E-state index in [1.807, 2.05) is 26.8 Å². The number of rotatable bonds is 3. The zero-order valence-electron chi connectivity index (χ0n) is 20.9. The summed E-state index contributed by atoms with van der Waals surface area (Å²) < 4.78 is 0. The third kappa shape index (κ3) is 7.49. The first kappa shape index (κ1) is 28.5. The Morgan fingerprint density at radius 2 is 1.47 bits per heavy atom. The second kappa shape index (κ2) is 11.5. The van der Waals surface area contributed by atoms with Crippen LogP contribution in [0.2, 0.25) is 0 Å². The van der Waals surface area contributed by atoms with Crippen LogP contribution < -0.4 is 0 Å². The molecule has 1 aromatic heterocycles. The molecule has 3 aromatic rings. The molecule has 1 radical (unpaired) electrons. The van der Waals surface area contributed by atoms with Crippen molar-refractivity contribution in [1.29, 1.82) is 0 Å². The van der Waals surface area contributed by atoms with Crippen molar-refractivity contribution >= 4 is 10.9 Å². The second-order valence-corrected chi connectivity index (χ2v) is 10.0. The minimum Gasteiger partial charge on any atom is -0.393 e. The molecule has 0 bridgehead atoms. The van der Waals surface area contributed by atoms with Crippen LogP contribution in [0.15, 0.2) is 30.3 Å². The predicted molar refractivity (Wildman–Crippen MR) is 131 cm³/mol. The maximum absolute atomic E-state index is 9.40. The molecule has 0 aliphatic heterocycles. The third-order valence-electron chi connectivity index (χ3n) is 5.56. The first-order chi connectivity index (χ1) is 14.3. The van der Waals surface area contributed by atoms with Gasteiger partial charge in [-0.05, 0) is 62.4 Å². The monoisotopic (exact) mass is 613 g/mol. The number of aryl methyl sites for hydroxylation is 5. The molecule has 0 saturated carbocycles. The molecule has 32 heavy (non-hydrogen) atoms. The number of fused-ring (bicyclic) bond motifs is 1. The Hall–Kier alpha value is -1.58. The summed E-state index contributed by atoms with van der Waals surface area (Å²) in [5.41, 5.74) is 9.33. The van der Waals surface area contributed by atoms with Crippen LogP contribution in [0.1, 0.15) is 61.9 Å². The van der Waals surface area contributed by atoms with E-state index >= 15 is 0 Å². The van der Waals surface area contributed by atoms with Crippen LogP contribution in [-0.2, 0) is 20.1 Å². The average molecular weight is 613 g/mol. The van der Waals surface area contributed by atoms with Crippen molar-refractivity contribution in [1.82, 2.24) is 4.98 Å². The van der Waals surface area contributed by atoms with E-state index in [1.165, 1.54) is 33.2 Å². The fourth-order valence-electron chi connectivity index (χ4n) is 3.67. The minimum atomic E-state index is -0.410. The van der Waals surface area contributed by atoms with Gasteiger partial charge in [-0.1, -0.05) is 52.3 Å². The average Bonchev–Trinajstić information content (AvgIpc) is 2.61. The van der Waals surface area contributed by atoms with E-state index in [0.29, 0.717) is 6.42 Å². The molecule has 177 valence electrons. The van der Waals surface area contributed by atoms with Crippen molar-refractivity contribution in [2.75, 3.05) is 0 Å². The van der Waals surface area contributed by atoms with Crippen LogP contribution in [0, 0.1) is 46.1 Å². The molecule has 0 saturated heterocycles. The molecular formula is C28H38IrNO2-. The summed E-state index contributed by atoms with van der Waals surface area (Å²) in [5, 5.41) is 19.6. The molecular weight excluding hydrogens is 575 g/mol. The second-order valence-electron chi connectivity index (χ2n) is 10.0. The molecule has 0 aliphatic rings. The van der Waals surface area contributed by atoms with Crippen molar-refractivity contribution in [2.45, 2.75) is 80.9 Å². The number of hydrogen-bond acceptors (Lipinski definition) is 3. The maximum Gasteiger partial charge on any atom is 0.0613 e. The van der Waals surface area contributed by atoms with E-state index in [9.17, 15) is 5.11 Å². The molecule has 1 heterocycles. The summed E-state index contributed by atoms with van der Waals surface area (Å²) in [6, 6.07) is 14.2. The van der Waals surface area contributed by atoms with E-state index in [2.05, 4.69) is 65.0 Å². The zero-order chi connectivity index (χ0) is 23.5. The van der Waals surface area contributed by atoms with Gasteiger partial charge >= 0.3 is 0 Å². The summed E-state index contributed by atoms with van der Waals surface area (Å²) in [6.45, 7) is 18.2. The van der Waals surface area contributed by atoms with E-state index in [4.69, 9.17) is 10.1 Å². The van der Waals surface area contributed by atoms with Crippen LogP contribution >= 0.6 is 0 Å². The molecule has 2 aromatic carbocycles. The van der Waals surface area contributed by atoms with Crippen LogP contribution in [-0.4, -0.2) is 27.4 Å². The number of nitrogens with zero attached hydrogens (tertiary/aromatic N) is 1. The molecule has 4 heteroatoms. The first-order valence-electron chi connectivity index (χ1n) is 11.0. The normalized spacial score (nSPS) is 13.1. The Bertz CT molecular complexity index is 1050. The Labute approximate surface area is 207 Å². The standard InChI is InChI=1S/C20H20N.C8H18O2.Ir/c1-12-6-7-17(14(3)8-12)20-16(5)11-18-15(4)9-13(2)10-19(18)21-20;1-6(9)5-7(10)8(2,3)4;/h6,8-11H,1-5H3;6-7,9-10H,5H2,1-4H3;/q-1;;. The van der Waals surface area contributed by atoms with Gasteiger partial charge in [0.1, 0.15) is 0 Å². The van der Waals surface area contributed by atoms with Crippen LogP contribution in [0.25, 0.3) is 22.2 Å². The van der Waals surface area contributed by atoms with Crippen LogP contribution in [0.3, 0.4) is 0 Å². The van der Waals surface area contributed by atoms with Crippen molar-refractivity contribution < 1.29 is 30.3 Å². The fourth-order valence-corrected chi connectivity index (χ4v) is 3.67. The molecule has 3 nitrogen and oxygen atoms in total. The molecule has 2 N–H and O–H groups in total. The van der Waals surface area contributed by atoms with Crippen LogP contribution in [0.5, 0.6) is 0 Å². The Balaban J connectivity index is 0.000000400. The van der Waals surface area contributed by atoms with E-state index in [-0.39, 0.29) is 25.5 Å². The first-order valence-corrected chi connectivity index (χ1v) is 11.0. The van der Waals surface area contributed by atoms with Crippen molar-refractivity contribution in [3.63, 3.8) is 0 Å². The van der Waals surface area contributed by atoms with Gasteiger partial charge in [0.2, 0.25) is 0 Å². The summed E-state index contributed by atoms with van der Waals surface area (Å²) >= 11 is 0. The van der Waals surface area contributed by atoms with Crippen molar-refractivity contribution in [3.8, 4) is 11.3 Å². The summed E-state index contributed by atoms with van der Waals surface area (Å²) in [6.07, 6.45) is -0.356. The third-order valence-corrected chi connectivity index (χ3v) is 5.56. The molecule has 0 spiro atoms. The summed E-state index contributed by atoms with van der Waals surface area (Å²) in [5.74, 6) is 0. The molecule has 0 aliphatic carbocycles. The van der Waals surface area contributed by atoms with Gasteiger partial charge in [0, 0.05) is 25.5 Å². The van der Waals surface area contributed by atoms with Gasteiger partial charge in [-0.3, -0.25) is 4.98 Å². The minimum absolute atomic E-state index is 0. The molecule has 3 rings (SSSR count). The van der Waals surface area contributed by atoms with E-state index in [1.54, 1.807) is 6.92 Å². The van der Waals surface area contributed by atoms with Crippen molar-refractivity contribution in [3.05, 3.63) is 64.2 Å². The fraction of sp³-hybridized carbons (Fsp3) is 0.464. The molecule has 2 atom stereocenters. The number of aromatic nitrogens is 1. The number of pyridine rings is 1. The van der Waals surface area contributed by atoms with E-state index in [0.717, 1.165) is 16.8 Å². The topological polar surface area (TPSA) is 53.4 Å². The number of aliphatic hydroxyl groups excluding tert-OH is 2. The zero-order valence-corrected chi connectivity index (χ0v) is 23.3. The molecule has 0 amide bonds. The predicted octanol–water partition coefficient (Wildman–Crippen LogP) is 6.41. The summed E-state index contributed by atoms with van der Waals surface area (Å²) in [7, 11) is 0. The Morgan fingerprint density at radius 3 is 1.97 bits per heavy atom. The smallest absolute Gasteiger partial charge is 0.0613 e. The van der Waals surface area contributed by atoms with Crippen molar-refractivity contribution in [2.24, 2.45) is 5.41 Å². The van der Waals surface area contributed by atoms with Gasteiger partial charge in [-0.2, -0.15) is 0 Å². The van der Waals surface area contributed by atoms with Gasteiger partial charge in [0.05, 0.1) is 17.7 Å². The maximum atomic E-state index is 9.40. The molecule has 2 unspecified atom stereocenters. The SMILES string of the molecule is CC(O)CC(O)C(C)(C)C.Cc1c[c-]c(-c2nc3cc(C)cc(C)c3cc2C)c(C)c1.[Ir]. The van der Waals surface area contributed by atoms with E-state index < -0.39 is 12.2 Å².